The molecule has 5 nitrogen and oxygen atoms in total. The summed E-state index contributed by atoms with van der Waals surface area (Å²) in [5.41, 5.74) is 12.1. The predicted molar refractivity (Wildman–Crippen MR) is 130 cm³/mol. The van der Waals surface area contributed by atoms with Crippen molar-refractivity contribution in [2.24, 2.45) is 11.7 Å². The summed E-state index contributed by atoms with van der Waals surface area (Å²) in [5, 5.41) is 4.91. The van der Waals surface area contributed by atoms with Crippen molar-refractivity contribution < 1.29 is 0 Å². The SMILES string of the molecule is CC(C)Cc1cn(-c2nc(-c3nc4ccc(CCN)cc4[nH]3)cs2)c2cc(Cl)ccc12. The fourth-order valence-electron chi connectivity index (χ4n) is 4.02. The molecule has 0 aliphatic rings. The summed E-state index contributed by atoms with van der Waals surface area (Å²) in [6.45, 7) is 5.11. The smallest absolute Gasteiger partial charge is 0.194 e. The molecule has 3 N–H and O–H groups in total. The van der Waals surface area contributed by atoms with Gasteiger partial charge in [0.15, 0.2) is 11.0 Å². The number of fused-ring (bicyclic) bond motifs is 2. The second-order valence-electron chi connectivity index (χ2n) is 8.27. The zero-order valence-electron chi connectivity index (χ0n) is 17.5. The molecule has 0 aliphatic heterocycles. The second kappa shape index (κ2) is 8.11. The lowest BCUT2D eigenvalue weighted by Crippen LogP contribution is -2.02. The van der Waals surface area contributed by atoms with E-state index in [1.807, 2.05) is 23.6 Å². The van der Waals surface area contributed by atoms with Crippen LogP contribution >= 0.6 is 22.9 Å². The highest BCUT2D eigenvalue weighted by atomic mass is 35.5. The van der Waals surface area contributed by atoms with Crippen LogP contribution < -0.4 is 5.73 Å². The first-order valence-corrected chi connectivity index (χ1v) is 11.7. The zero-order valence-corrected chi connectivity index (χ0v) is 19.1. The van der Waals surface area contributed by atoms with Crippen molar-refractivity contribution in [1.82, 2.24) is 19.5 Å². The number of nitrogens with two attached hydrogens (primary N) is 1. The molecule has 0 saturated heterocycles. The highest BCUT2D eigenvalue weighted by Crippen LogP contribution is 2.32. The molecule has 0 atom stereocenters. The van der Waals surface area contributed by atoms with Gasteiger partial charge in [-0.2, -0.15) is 0 Å². The Balaban J connectivity index is 1.56. The molecule has 0 unspecified atom stereocenters. The topological polar surface area (TPSA) is 72.5 Å². The van der Waals surface area contributed by atoms with Crippen molar-refractivity contribution in [3.8, 4) is 16.6 Å². The van der Waals surface area contributed by atoms with E-state index in [9.17, 15) is 0 Å². The van der Waals surface area contributed by atoms with Crippen molar-refractivity contribution >= 4 is 44.9 Å². The van der Waals surface area contributed by atoms with E-state index in [-0.39, 0.29) is 0 Å². The highest BCUT2D eigenvalue weighted by Gasteiger charge is 2.16. The van der Waals surface area contributed by atoms with Gasteiger partial charge in [0.1, 0.15) is 5.69 Å². The van der Waals surface area contributed by atoms with Crippen LogP contribution in [0.4, 0.5) is 0 Å². The fraction of sp³-hybridized carbons (Fsp3) is 0.250. The number of nitrogens with zero attached hydrogens (tertiary/aromatic N) is 3. The Morgan fingerprint density at radius 1 is 1.16 bits per heavy atom. The third-order valence-corrected chi connectivity index (χ3v) is 6.47. The number of aromatic nitrogens is 4. The number of rotatable bonds is 6. The molecule has 0 bridgehead atoms. The summed E-state index contributed by atoms with van der Waals surface area (Å²) in [4.78, 5) is 13.1. The average molecular weight is 450 g/mol. The summed E-state index contributed by atoms with van der Waals surface area (Å²) in [7, 11) is 0. The molecule has 3 aromatic heterocycles. The Kier molecular flexibility index (Phi) is 5.30. The summed E-state index contributed by atoms with van der Waals surface area (Å²) in [6, 6.07) is 12.3. The molecule has 0 amide bonds. The minimum atomic E-state index is 0.571. The first-order valence-electron chi connectivity index (χ1n) is 10.5. The summed E-state index contributed by atoms with van der Waals surface area (Å²) >= 11 is 7.93. The number of hydrogen-bond donors (Lipinski definition) is 2. The van der Waals surface area contributed by atoms with Crippen LogP contribution in [0.25, 0.3) is 38.6 Å². The highest BCUT2D eigenvalue weighted by molar-refractivity contribution is 7.12. The van der Waals surface area contributed by atoms with Gasteiger partial charge in [-0.25, -0.2) is 9.97 Å². The number of nitrogens with one attached hydrogen (secondary N) is 1. The van der Waals surface area contributed by atoms with Crippen LogP contribution in [0.3, 0.4) is 0 Å². The number of benzene rings is 2. The van der Waals surface area contributed by atoms with Crippen LogP contribution in [-0.2, 0) is 12.8 Å². The Bertz CT molecular complexity index is 1380. The summed E-state index contributed by atoms with van der Waals surface area (Å²) < 4.78 is 2.15. The van der Waals surface area contributed by atoms with Crippen LogP contribution in [0.1, 0.15) is 25.0 Å². The van der Waals surface area contributed by atoms with Gasteiger partial charge < -0.3 is 10.7 Å². The first-order chi connectivity index (χ1) is 15.0. The van der Waals surface area contributed by atoms with Crippen LogP contribution in [0.15, 0.2) is 48.0 Å². The number of hydrogen-bond acceptors (Lipinski definition) is 4. The van der Waals surface area contributed by atoms with Crippen LogP contribution in [0.5, 0.6) is 0 Å². The lowest BCUT2D eigenvalue weighted by Gasteiger charge is -2.02. The summed E-state index contributed by atoms with van der Waals surface area (Å²) in [5.74, 6) is 1.35. The molecule has 158 valence electrons. The van der Waals surface area contributed by atoms with Crippen molar-refractivity contribution in [1.29, 1.82) is 0 Å². The van der Waals surface area contributed by atoms with E-state index in [0.29, 0.717) is 12.5 Å². The standard InChI is InChI=1S/C24H24ClN5S/c1-14(2)9-16-12-30(22-11-17(25)4-5-18(16)22)24-29-21(13-31-24)23-27-19-6-3-15(7-8-26)10-20(19)28-23/h3-6,10-14H,7-9,26H2,1-2H3,(H,27,28). The predicted octanol–water partition coefficient (Wildman–Crippen LogP) is 5.98. The minimum Gasteiger partial charge on any atom is -0.337 e. The molecular formula is C24H24ClN5S. The molecule has 0 radical (unpaired) electrons. The Hall–Kier alpha value is -2.67. The molecule has 0 fully saturated rings. The number of aromatic amines is 1. The molecule has 0 spiro atoms. The van der Waals surface area contributed by atoms with Crippen LogP contribution in [0.2, 0.25) is 5.02 Å². The van der Waals surface area contributed by atoms with Gasteiger partial charge in [-0.1, -0.05) is 37.6 Å². The van der Waals surface area contributed by atoms with E-state index in [0.717, 1.165) is 51.1 Å². The lowest BCUT2D eigenvalue weighted by molar-refractivity contribution is 0.649. The van der Waals surface area contributed by atoms with Crippen molar-refractivity contribution in [3.63, 3.8) is 0 Å². The van der Waals surface area contributed by atoms with E-state index >= 15 is 0 Å². The van der Waals surface area contributed by atoms with Gasteiger partial charge in [-0.15, -0.1) is 11.3 Å². The van der Waals surface area contributed by atoms with Gasteiger partial charge in [0.2, 0.25) is 0 Å². The number of H-pyrrole nitrogens is 1. The van der Waals surface area contributed by atoms with Gasteiger partial charge in [0.05, 0.1) is 16.6 Å². The molecule has 3 heterocycles. The third kappa shape index (κ3) is 3.87. The lowest BCUT2D eigenvalue weighted by atomic mass is 10.0. The molecule has 5 rings (SSSR count). The van der Waals surface area contributed by atoms with E-state index in [2.05, 4.69) is 47.8 Å². The van der Waals surface area contributed by atoms with Crippen LogP contribution in [-0.4, -0.2) is 26.1 Å². The van der Waals surface area contributed by atoms with E-state index < -0.39 is 0 Å². The van der Waals surface area contributed by atoms with Gasteiger partial charge in [0.25, 0.3) is 0 Å². The Morgan fingerprint density at radius 3 is 2.84 bits per heavy atom. The molecule has 31 heavy (non-hydrogen) atoms. The first kappa shape index (κ1) is 20.2. The molecule has 2 aromatic carbocycles. The van der Waals surface area contributed by atoms with Crippen molar-refractivity contribution in [3.05, 3.63) is 64.1 Å². The third-order valence-electron chi connectivity index (χ3n) is 5.40. The second-order valence-corrected chi connectivity index (χ2v) is 9.55. The number of halogens is 1. The maximum atomic E-state index is 6.32. The molecular weight excluding hydrogens is 426 g/mol. The van der Waals surface area contributed by atoms with Crippen LogP contribution in [0, 0.1) is 5.92 Å². The maximum Gasteiger partial charge on any atom is 0.194 e. The number of thiazole rings is 1. The monoisotopic (exact) mass is 449 g/mol. The molecule has 0 saturated carbocycles. The largest absolute Gasteiger partial charge is 0.337 e. The Morgan fingerprint density at radius 2 is 2.03 bits per heavy atom. The zero-order chi connectivity index (χ0) is 21.5. The quantitative estimate of drug-likeness (QED) is 0.334. The van der Waals surface area contributed by atoms with E-state index in [4.69, 9.17) is 27.3 Å². The molecule has 0 aliphatic carbocycles. The van der Waals surface area contributed by atoms with Gasteiger partial charge in [0, 0.05) is 22.0 Å². The maximum absolute atomic E-state index is 6.32. The van der Waals surface area contributed by atoms with Gasteiger partial charge in [-0.3, -0.25) is 4.57 Å². The number of imidazole rings is 1. The van der Waals surface area contributed by atoms with Gasteiger partial charge >= 0.3 is 0 Å². The van der Waals surface area contributed by atoms with Crippen molar-refractivity contribution in [2.45, 2.75) is 26.7 Å². The summed E-state index contributed by atoms with van der Waals surface area (Å²) in [6.07, 6.45) is 4.06. The van der Waals surface area contributed by atoms with Gasteiger partial charge in [-0.05, 0) is 60.7 Å². The minimum absolute atomic E-state index is 0.571. The fourth-order valence-corrected chi connectivity index (χ4v) is 4.98. The normalized spacial score (nSPS) is 11.9. The molecule has 7 heteroatoms. The van der Waals surface area contributed by atoms with E-state index in [1.165, 1.54) is 16.5 Å². The Labute approximate surface area is 189 Å². The van der Waals surface area contributed by atoms with E-state index in [1.54, 1.807) is 11.3 Å². The van der Waals surface area contributed by atoms with Crippen molar-refractivity contribution in [2.75, 3.05) is 6.54 Å². The average Bonchev–Trinajstić information content (AvgIpc) is 3.44. The molecule has 5 aromatic rings.